The van der Waals surface area contributed by atoms with Crippen LogP contribution >= 0.6 is 0 Å². The van der Waals surface area contributed by atoms with Crippen molar-refractivity contribution < 1.29 is 20.4 Å². The zero-order valence-electron chi connectivity index (χ0n) is 7.48. The number of aliphatic hydroxyl groups is 4. The van der Waals surface area contributed by atoms with Gasteiger partial charge in [-0.3, -0.25) is 4.90 Å². The van der Waals surface area contributed by atoms with Gasteiger partial charge in [0.15, 0.2) is 0 Å². The van der Waals surface area contributed by atoms with Gasteiger partial charge in [0.2, 0.25) is 0 Å². The summed E-state index contributed by atoms with van der Waals surface area (Å²) >= 11 is 0. The van der Waals surface area contributed by atoms with Gasteiger partial charge in [-0.15, -0.1) is 0 Å². The molecule has 0 saturated heterocycles. The number of rotatable bonds is 6. The molecule has 0 fully saturated rings. The van der Waals surface area contributed by atoms with Gasteiger partial charge in [0.25, 0.3) is 0 Å². The standard InChI is InChI=1S/C6H15NO3.CH4O/c8-4-1-7(2-5-9)3-6-10;1-2/h8-10H,1-6H2;2H,1H3. The molecule has 0 aliphatic heterocycles. The van der Waals surface area contributed by atoms with Crippen LogP contribution in [-0.4, -0.2) is 71.9 Å². The molecule has 0 aromatic carbocycles. The largest absolute Gasteiger partial charge is 0.400 e. The van der Waals surface area contributed by atoms with Crippen LogP contribution in [0.25, 0.3) is 0 Å². The minimum Gasteiger partial charge on any atom is -0.400 e. The van der Waals surface area contributed by atoms with Gasteiger partial charge in [-0.2, -0.15) is 0 Å². The molecule has 0 spiro atoms. The monoisotopic (exact) mass is 181 g/mol. The summed E-state index contributed by atoms with van der Waals surface area (Å²) < 4.78 is 0. The maximum absolute atomic E-state index is 8.48. The van der Waals surface area contributed by atoms with Crippen molar-refractivity contribution in [3.8, 4) is 0 Å². The molecule has 5 nitrogen and oxygen atoms in total. The van der Waals surface area contributed by atoms with Gasteiger partial charge in [0.05, 0.1) is 19.8 Å². The highest BCUT2D eigenvalue weighted by molar-refractivity contribution is 4.54. The first-order chi connectivity index (χ1) is 5.85. The minimum absolute atomic E-state index is 0.0694. The van der Waals surface area contributed by atoms with Gasteiger partial charge in [-0.25, -0.2) is 0 Å². The molecular formula is C7H19NO4. The Balaban J connectivity index is 0. The summed E-state index contributed by atoms with van der Waals surface area (Å²) in [7, 11) is 1.00. The van der Waals surface area contributed by atoms with E-state index in [0.29, 0.717) is 19.6 Å². The van der Waals surface area contributed by atoms with Crippen LogP contribution in [-0.2, 0) is 0 Å². The fourth-order valence-electron chi connectivity index (χ4n) is 0.760. The molecule has 0 saturated carbocycles. The molecule has 0 heterocycles. The third kappa shape index (κ3) is 9.80. The first kappa shape index (κ1) is 14.3. The Morgan fingerprint density at radius 3 is 1.17 bits per heavy atom. The Morgan fingerprint density at radius 2 is 1.00 bits per heavy atom. The van der Waals surface area contributed by atoms with Crippen LogP contribution in [0.5, 0.6) is 0 Å². The molecule has 0 aliphatic rings. The lowest BCUT2D eigenvalue weighted by Crippen LogP contribution is -2.32. The fraction of sp³-hybridized carbons (Fsp3) is 1.00. The van der Waals surface area contributed by atoms with E-state index in [0.717, 1.165) is 7.11 Å². The van der Waals surface area contributed by atoms with Crippen molar-refractivity contribution in [2.45, 2.75) is 0 Å². The van der Waals surface area contributed by atoms with E-state index < -0.39 is 0 Å². The van der Waals surface area contributed by atoms with Crippen molar-refractivity contribution >= 4 is 0 Å². The average Bonchev–Trinajstić information content (AvgIpc) is 2.10. The molecular weight excluding hydrogens is 162 g/mol. The molecule has 0 bridgehead atoms. The molecule has 4 N–H and O–H groups in total. The highest BCUT2D eigenvalue weighted by atomic mass is 16.3. The highest BCUT2D eigenvalue weighted by Crippen LogP contribution is 1.84. The van der Waals surface area contributed by atoms with Gasteiger partial charge in [-0.05, 0) is 0 Å². The Bertz CT molecular complexity index is 58.2. The number of hydrogen-bond donors (Lipinski definition) is 4. The minimum atomic E-state index is 0.0694. The molecule has 0 aromatic heterocycles. The number of aliphatic hydroxyl groups excluding tert-OH is 4. The molecule has 0 unspecified atom stereocenters. The fourth-order valence-corrected chi connectivity index (χ4v) is 0.760. The molecule has 0 rings (SSSR count). The van der Waals surface area contributed by atoms with Gasteiger partial charge >= 0.3 is 0 Å². The zero-order chi connectivity index (χ0) is 9.82. The van der Waals surface area contributed by atoms with E-state index in [-0.39, 0.29) is 19.8 Å². The predicted octanol–water partition coefficient (Wildman–Crippen LogP) is -2.13. The van der Waals surface area contributed by atoms with Crippen LogP contribution in [0.3, 0.4) is 0 Å². The molecule has 0 atom stereocenters. The van der Waals surface area contributed by atoms with Crippen LogP contribution < -0.4 is 0 Å². The van der Waals surface area contributed by atoms with Gasteiger partial charge in [0.1, 0.15) is 0 Å². The summed E-state index contributed by atoms with van der Waals surface area (Å²) in [6, 6.07) is 0. The highest BCUT2D eigenvalue weighted by Gasteiger charge is 2.00. The zero-order valence-corrected chi connectivity index (χ0v) is 7.48. The van der Waals surface area contributed by atoms with Crippen molar-refractivity contribution in [2.24, 2.45) is 0 Å². The normalized spacial score (nSPS) is 9.50. The van der Waals surface area contributed by atoms with Crippen LogP contribution in [0, 0.1) is 0 Å². The first-order valence-electron chi connectivity index (χ1n) is 3.84. The lowest BCUT2D eigenvalue weighted by molar-refractivity contribution is 0.136. The Morgan fingerprint density at radius 1 is 0.750 bits per heavy atom. The Hall–Kier alpha value is -0.200. The van der Waals surface area contributed by atoms with E-state index in [2.05, 4.69) is 0 Å². The number of hydrogen-bond acceptors (Lipinski definition) is 5. The Kier molecular flexibility index (Phi) is 16.0. The third-order valence-corrected chi connectivity index (χ3v) is 1.25. The molecule has 0 aliphatic carbocycles. The Labute approximate surface area is 72.9 Å². The van der Waals surface area contributed by atoms with Crippen molar-refractivity contribution in [3.63, 3.8) is 0 Å². The second-order valence-electron chi connectivity index (χ2n) is 2.01. The topological polar surface area (TPSA) is 84.2 Å². The predicted molar refractivity (Wildman–Crippen MR) is 45.8 cm³/mol. The lowest BCUT2D eigenvalue weighted by atomic mass is 10.4. The summed E-state index contributed by atoms with van der Waals surface area (Å²) in [5, 5.41) is 32.5. The van der Waals surface area contributed by atoms with Gasteiger partial charge in [0, 0.05) is 26.7 Å². The maximum atomic E-state index is 8.48. The lowest BCUT2D eigenvalue weighted by Gasteiger charge is -2.17. The first-order valence-corrected chi connectivity index (χ1v) is 3.84. The SMILES string of the molecule is CO.OCCN(CCO)CCO. The van der Waals surface area contributed by atoms with E-state index in [4.69, 9.17) is 20.4 Å². The number of nitrogens with zero attached hydrogens (tertiary/aromatic N) is 1. The summed E-state index contributed by atoms with van der Waals surface area (Å²) in [5.41, 5.74) is 0. The molecule has 0 aromatic rings. The molecule has 0 amide bonds. The quantitative estimate of drug-likeness (QED) is 0.376. The van der Waals surface area contributed by atoms with E-state index >= 15 is 0 Å². The van der Waals surface area contributed by atoms with Crippen LogP contribution in [0.4, 0.5) is 0 Å². The second-order valence-corrected chi connectivity index (χ2v) is 2.01. The van der Waals surface area contributed by atoms with E-state index in [1.807, 2.05) is 0 Å². The van der Waals surface area contributed by atoms with Gasteiger partial charge < -0.3 is 20.4 Å². The second kappa shape index (κ2) is 13.4. The van der Waals surface area contributed by atoms with E-state index in [1.165, 1.54) is 0 Å². The van der Waals surface area contributed by atoms with Crippen LogP contribution in [0.15, 0.2) is 0 Å². The summed E-state index contributed by atoms with van der Waals surface area (Å²) in [5.74, 6) is 0. The molecule has 12 heavy (non-hydrogen) atoms. The summed E-state index contributed by atoms with van der Waals surface area (Å²) in [6.07, 6.45) is 0. The van der Waals surface area contributed by atoms with Crippen molar-refractivity contribution in [3.05, 3.63) is 0 Å². The summed E-state index contributed by atoms with van der Waals surface area (Å²) in [4.78, 5) is 1.79. The average molecular weight is 181 g/mol. The van der Waals surface area contributed by atoms with Gasteiger partial charge in [-0.1, -0.05) is 0 Å². The molecule has 0 radical (unpaired) electrons. The summed E-state index contributed by atoms with van der Waals surface area (Å²) in [6.45, 7) is 1.75. The molecule has 76 valence electrons. The van der Waals surface area contributed by atoms with Crippen molar-refractivity contribution in [1.29, 1.82) is 0 Å². The molecule has 5 heteroatoms. The van der Waals surface area contributed by atoms with E-state index in [1.54, 1.807) is 4.90 Å². The third-order valence-electron chi connectivity index (χ3n) is 1.25. The van der Waals surface area contributed by atoms with Crippen LogP contribution in [0.2, 0.25) is 0 Å². The maximum Gasteiger partial charge on any atom is 0.0558 e. The van der Waals surface area contributed by atoms with E-state index in [9.17, 15) is 0 Å². The van der Waals surface area contributed by atoms with Crippen molar-refractivity contribution in [2.75, 3.05) is 46.6 Å². The van der Waals surface area contributed by atoms with Crippen molar-refractivity contribution in [1.82, 2.24) is 4.90 Å². The smallest absolute Gasteiger partial charge is 0.0558 e. The van der Waals surface area contributed by atoms with Crippen LogP contribution in [0.1, 0.15) is 0 Å².